The fourth-order valence-corrected chi connectivity index (χ4v) is 1.41. The maximum atomic E-state index is 11.1. The van der Waals surface area contributed by atoms with Gasteiger partial charge in [-0.2, -0.15) is 0 Å². The van der Waals surface area contributed by atoms with Crippen LogP contribution in [0.15, 0.2) is 41.3 Å². The van der Waals surface area contributed by atoms with E-state index in [-0.39, 0.29) is 5.56 Å². The molecule has 0 aliphatic heterocycles. The second-order valence-electron chi connectivity index (χ2n) is 3.85. The Bertz CT molecular complexity index is 545. The molecule has 0 saturated heterocycles. The first-order valence-corrected chi connectivity index (χ1v) is 5.25. The van der Waals surface area contributed by atoms with Gasteiger partial charge in [0.15, 0.2) is 0 Å². The van der Waals surface area contributed by atoms with Crippen molar-refractivity contribution in [3.63, 3.8) is 0 Å². The average molecular weight is 230 g/mol. The third-order valence-electron chi connectivity index (χ3n) is 2.32. The fraction of sp³-hybridized carbons (Fsp3) is 0.167. The molecule has 0 radical (unpaired) electrons. The minimum absolute atomic E-state index is 0.174. The van der Waals surface area contributed by atoms with Gasteiger partial charge in [0, 0.05) is 37.7 Å². The van der Waals surface area contributed by atoms with Gasteiger partial charge in [0.05, 0.1) is 0 Å². The van der Waals surface area contributed by atoms with E-state index in [2.05, 4.69) is 15.3 Å². The zero-order chi connectivity index (χ0) is 12.3. The first kappa shape index (κ1) is 11.2. The zero-order valence-electron chi connectivity index (χ0n) is 9.77. The van der Waals surface area contributed by atoms with Crippen LogP contribution in [0.5, 0.6) is 0 Å². The molecule has 0 fully saturated rings. The lowest BCUT2D eigenvalue weighted by atomic mass is 10.2. The SMILES string of the molecule is CN(C)c1ccc(Nc2nccc(=O)[nH]2)cc1. The van der Waals surface area contributed by atoms with Gasteiger partial charge in [-0.15, -0.1) is 0 Å². The van der Waals surface area contributed by atoms with Crippen LogP contribution in [0.2, 0.25) is 0 Å². The van der Waals surface area contributed by atoms with Gasteiger partial charge in [-0.3, -0.25) is 9.78 Å². The maximum absolute atomic E-state index is 11.1. The maximum Gasteiger partial charge on any atom is 0.252 e. The highest BCUT2D eigenvalue weighted by Crippen LogP contribution is 2.17. The van der Waals surface area contributed by atoms with Gasteiger partial charge in [0.2, 0.25) is 5.95 Å². The third kappa shape index (κ3) is 2.84. The summed E-state index contributed by atoms with van der Waals surface area (Å²) >= 11 is 0. The lowest BCUT2D eigenvalue weighted by molar-refractivity contribution is 1.12. The number of anilines is 3. The molecular formula is C12H14N4O. The fourth-order valence-electron chi connectivity index (χ4n) is 1.41. The van der Waals surface area contributed by atoms with Crippen molar-refractivity contribution in [1.82, 2.24) is 9.97 Å². The first-order chi connectivity index (χ1) is 8.15. The topological polar surface area (TPSA) is 61.0 Å². The van der Waals surface area contributed by atoms with Crippen molar-refractivity contribution in [2.24, 2.45) is 0 Å². The normalized spacial score (nSPS) is 10.0. The standard InChI is InChI=1S/C12H14N4O/c1-16(2)10-5-3-9(4-6-10)14-12-13-8-7-11(17)15-12/h3-8H,1-2H3,(H2,13,14,15,17). The van der Waals surface area contributed by atoms with Crippen molar-refractivity contribution in [3.8, 4) is 0 Å². The number of rotatable bonds is 3. The third-order valence-corrected chi connectivity index (χ3v) is 2.32. The molecule has 2 aromatic rings. The van der Waals surface area contributed by atoms with E-state index in [1.807, 2.05) is 43.3 Å². The molecule has 0 bridgehead atoms. The molecule has 1 aromatic carbocycles. The Labute approximate surface area is 99.1 Å². The van der Waals surface area contributed by atoms with Gasteiger partial charge in [-0.25, -0.2) is 4.98 Å². The Balaban J connectivity index is 2.16. The molecule has 17 heavy (non-hydrogen) atoms. The minimum atomic E-state index is -0.174. The van der Waals surface area contributed by atoms with Crippen LogP contribution < -0.4 is 15.8 Å². The number of nitrogens with one attached hydrogen (secondary N) is 2. The monoisotopic (exact) mass is 230 g/mol. The number of H-pyrrole nitrogens is 1. The predicted molar refractivity (Wildman–Crippen MR) is 68.9 cm³/mol. The van der Waals surface area contributed by atoms with E-state index in [9.17, 15) is 4.79 Å². The van der Waals surface area contributed by atoms with E-state index < -0.39 is 0 Å². The van der Waals surface area contributed by atoms with Gasteiger partial charge in [0.1, 0.15) is 0 Å². The first-order valence-electron chi connectivity index (χ1n) is 5.25. The molecule has 5 heteroatoms. The van der Waals surface area contributed by atoms with Crippen LogP contribution in [-0.2, 0) is 0 Å². The van der Waals surface area contributed by atoms with Gasteiger partial charge >= 0.3 is 0 Å². The Morgan fingerprint density at radius 2 is 1.88 bits per heavy atom. The number of hydrogen-bond acceptors (Lipinski definition) is 4. The second-order valence-corrected chi connectivity index (χ2v) is 3.85. The summed E-state index contributed by atoms with van der Waals surface area (Å²) in [6.45, 7) is 0. The number of aromatic amines is 1. The molecule has 0 aliphatic rings. The quantitative estimate of drug-likeness (QED) is 0.840. The molecule has 0 atom stereocenters. The van der Waals surface area contributed by atoms with Crippen LogP contribution in [0.4, 0.5) is 17.3 Å². The average Bonchev–Trinajstić information content (AvgIpc) is 2.29. The van der Waals surface area contributed by atoms with Crippen molar-refractivity contribution in [3.05, 3.63) is 46.9 Å². The molecule has 1 aromatic heterocycles. The summed E-state index contributed by atoms with van der Waals surface area (Å²) in [6, 6.07) is 9.22. The Kier molecular flexibility index (Phi) is 3.09. The summed E-state index contributed by atoms with van der Waals surface area (Å²) in [7, 11) is 3.97. The van der Waals surface area contributed by atoms with Gasteiger partial charge < -0.3 is 10.2 Å². The van der Waals surface area contributed by atoms with Crippen molar-refractivity contribution >= 4 is 17.3 Å². The Morgan fingerprint density at radius 1 is 1.18 bits per heavy atom. The Hall–Kier alpha value is -2.30. The largest absolute Gasteiger partial charge is 0.378 e. The summed E-state index contributed by atoms with van der Waals surface area (Å²) in [5, 5.41) is 3.03. The molecule has 2 N–H and O–H groups in total. The lowest BCUT2D eigenvalue weighted by Gasteiger charge is -2.12. The van der Waals surface area contributed by atoms with Gasteiger partial charge in [-0.05, 0) is 24.3 Å². The van der Waals surface area contributed by atoms with E-state index in [1.54, 1.807) is 0 Å². The molecular weight excluding hydrogens is 216 g/mol. The van der Waals surface area contributed by atoms with E-state index in [4.69, 9.17) is 0 Å². The number of nitrogens with zero attached hydrogens (tertiary/aromatic N) is 2. The van der Waals surface area contributed by atoms with Crippen LogP contribution in [0.25, 0.3) is 0 Å². The van der Waals surface area contributed by atoms with E-state index in [0.29, 0.717) is 5.95 Å². The molecule has 0 aliphatic carbocycles. The van der Waals surface area contributed by atoms with Crippen molar-refractivity contribution in [1.29, 1.82) is 0 Å². The van der Waals surface area contributed by atoms with Crippen LogP contribution in [0.3, 0.4) is 0 Å². The van der Waals surface area contributed by atoms with Crippen LogP contribution in [0.1, 0.15) is 0 Å². The molecule has 88 valence electrons. The highest BCUT2D eigenvalue weighted by molar-refractivity contribution is 5.58. The van der Waals surface area contributed by atoms with Crippen molar-refractivity contribution < 1.29 is 0 Å². The van der Waals surface area contributed by atoms with E-state index in [0.717, 1.165) is 11.4 Å². The molecule has 0 amide bonds. The molecule has 0 saturated carbocycles. The highest BCUT2D eigenvalue weighted by Gasteiger charge is 1.98. The summed E-state index contributed by atoms with van der Waals surface area (Å²) in [6.07, 6.45) is 1.47. The Morgan fingerprint density at radius 3 is 2.47 bits per heavy atom. The second kappa shape index (κ2) is 4.69. The van der Waals surface area contributed by atoms with Crippen LogP contribution >= 0.6 is 0 Å². The van der Waals surface area contributed by atoms with Gasteiger partial charge in [-0.1, -0.05) is 0 Å². The number of aromatic nitrogens is 2. The number of benzene rings is 1. The molecule has 5 nitrogen and oxygen atoms in total. The zero-order valence-corrected chi connectivity index (χ0v) is 9.77. The molecule has 1 heterocycles. The predicted octanol–water partition coefficient (Wildman–Crippen LogP) is 1.58. The highest BCUT2D eigenvalue weighted by atomic mass is 16.1. The number of hydrogen-bond donors (Lipinski definition) is 2. The summed E-state index contributed by atoms with van der Waals surface area (Å²) in [5.41, 5.74) is 1.82. The smallest absolute Gasteiger partial charge is 0.252 e. The van der Waals surface area contributed by atoms with E-state index >= 15 is 0 Å². The molecule has 0 unspecified atom stereocenters. The summed E-state index contributed by atoms with van der Waals surface area (Å²) in [5.74, 6) is 0.440. The lowest BCUT2D eigenvalue weighted by Crippen LogP contribution is -2.09. The minimum Gasteiger partial charge on any atom is -0.378 e. The molecule has 0 spiro atoms. The summed E-state index contributed by atoms with van der Waals surface area (Å²) in [4.78, 5) is 19.7. The van der Waals surface area contributed by atoms with E-state index in [1.165, 1.54) is 12.3 Å². The van der Waals surface area contributed by atoms with Gasteiger partial charge in [0.25, 0.3) is 5.56 Å². The molecule has 2 rings (SSSR count). The summed E-state index contributed by atoms with van der Waals surface area (Å²) < 4.78 is 0. The van der Waals surface area contributed by atoms with Crippen LogP contribution in [-0.4, -0.2) is 24.1 Å². The van der Waals surface area contributed by atoms with Crippen LogP contribution in [0, 0.1) is 0 Å². The van der Waals surface area contributed by atoms with Crippen molar-refractivity contribution in [2.45, 2.75) is 0 Å². The van der Waals surface area contributed by atoms with Crippen molar-refractivity contribution in [2.75, 3.05) is 24.3 Å².